The predicted molar refractivity (Wildman–Crippen MR) is 69.4 cm³/mol. The van der Waals surface area contributed by atoms with Crippen LogP contribution in [0.3, 0.4) is 0 Å². The van der Waals surface area contributed by atoms with Crippen LogP contribution in [-0.2, 0) is 0 Å². The molecule has 3 N–H and O–H groups in total. The van der Waals surface area contributed by atoms with E-state index < -0.39 is 33.5 Å². The van der Waals surface area contributed by atoms with Gasteiger partial charge in [-0.3, -0.25) is 10.1 Å². The number of hydrogen-bond acceptors (Lipinski definition) is 5. The number of nitrogens with one attached hydrogen (secondary N) is 1. The summed E-state index contributed by atoms with van der Waals surface area (Å²) in [5.41, 5.74) is -2.13. The van der Waals surface area contributed by atoms with Crippen molar-refractivity contribution in [3.05, 3.63) is 33.6 Å². The van der Waals surface area contributed by atoms with Crippen LogP contribution in [-0.4, -0.2) is 33.3 Å². The first kappa shape index (κ1) is 15.8. The van der Waals surface area contributed by atoms with E-state index in [2.05, 4.69) is 5.32 Å². The van der Waals surface area contributed by atoms with Gasteiger partial charge in [-0.1, -0.05) is 0 Å². The molecular formula is C12H15FN2O5. The molecule has 1 aromatic carbocycles. The van der Waals surface area contributed by atoms with Crippen LogP contribution in [0.15, 0.2) is 12.1 Å². The van der Waals surface area contributed by atoms with Gasteiger partial charge in [0.1, 0.15) is 17.1 Å². The number of carbonyl (C=O) groups is 1. The summed E-state index contributed by atoms with van der Waals surface area (Å²) in [5.74, 6) is -2.64. The molecule has 0 aromatic heterocycles. The van der Waals surface area contributed by atoms with Crippen molar-refractivity contribution in [3.8, 4) is 0 Å². The van der Waals surface area contributed by atoms with Crippen molar-refractivity contribution in [2.24, 2.45) is 0 Å². The Bertz CT molecular complexity index is 545. The summed E-state index contributed by atoms with van der Waals surface area (Å²) in [5, 5.41) is 31.4. The van der Waals surface area contributed by atoms with Crippen LogP contribution < -0.4 is 5.32 Å². The van der Waals surface area contributed by atoms with Crippen LogP contribution in [0, 0.1) is 15.9 Å². The van der Waals surface area contributed by atoms with Crippen molar-refractivity contribution in [2.75, 3.05) is 11.9 Å². The van der Waals surface area contributed by atoms with Crippen LogP contribution in [0.4, 0.5) is 15.8 Å². The normalized spacial score (nSPS) is 11.2. The van der Waals surface area contributed by atoms with Gasteiger partial charge in [-0.25, -0.2) is 9.18 Å². The molecule has 0 aliphatic rings. The average Bonchev–Trinajstić information content (AvgIpc) is 2.26. The molecule has 0 spiro atoms. The van der Waals surface area contributed by atoms with E-state index in [9.17, 15) is 19.3 Å². The summed E-state index contributed by atoms with van der Waals surface area (Å²) in [7, 11) is 0. The fourth-order valence-electron chi connectivity index (χ4n) is 1.68. The molecule has 0 saturated heterocycles. The lowest BCUT2D eigenvalue weighted by atomic mass is 10.00. The highest BCUT2D eigenvalue weighted by molar-refractivity contribution is 5.90. The van der Waals surface area contributed by atoms with Crippen molar-refractivity contribution in [2.45, 2.75) is 25.8 Å². The minimum atomic E-state index is -1.58. The molecule has 0 radical (unpaired) electrons. The molecule has 0 atom stereocenters. The lowest BCUT2D eigenvalue weighted by Gasteiger charge is -2.26. The van der Waals surface area contributed by atoms with Gasteiger partial charge in [-0.15, -0.1) is 0 Å². The van der Waals surface area contributed by atoms with Gasteiger partial charge in [0.25, 0.3) is 5.69 Å². The molecule has 0 amide bonds. The number of aliphatic hydroxyl groups excluding tert-OH is 1. The van der Waals surface area contributed by atoms with E-state index in [1.54, 1.807) is 13.8 Å². The smallest absolute Gasteiger partial charge is 0.338 e. The van der Waals surface area contributed by atoms with Crippen molar-refractivity contribution in [1.82, 2.24) is 0 Å². The quantitative estimate of drug-likeness (QED) is 0.544. The highest BCUT2D eigenvalue weighted by Gasteiger charge is 2.26. The summed E-state index contributed by atoms with van der Waals surface area (Å²) in [6.45, 7) is 3.20. The zero-order valence-corrected chi connectivity index (χ0v) is 11.0. The van der Waals surface area contributed by atoms with E-state index in [4.69, 9.17) is 10.2 Å². The van der Waals surface area contributed by atoms with Crippen molar-refractivity contribution >= 4 is 17.3 Å². The molecule has 0 fully saturated rings. The number of nitro groups is 1. The predicted octanol–water partition coefficient (Wildman–Crippen LogP) is 2.00. The molecule has 0 saturated carbocycles. The van der Waals surface area contributed by atoms with Gasteiger partial charge in [0.15, 0.2) is 0 Å². The third-order valence-corrected chi connectivity index (χ3v) is 2.72. The SMILES string of the molecule is CC(C)(CCO)Nc1cc(F)c(C(=O)O)cc1[N+](=O)[O-]. The molecule has 0 bridgehead atoms. The number of benzene rings is 1. The number of hydrogen-bond donors (Lipinski definition) is 3. The lowest BCUT2D eigenvalue weighted by molar-refractivity contribution is -0.384. The molecule has 1 aromatic rings. The van der Waals surface area contributed by atoms with Crippen molar-refractivity contribution in [3.63, 3.8) is 0 Å². The first-order valence-electron chi connectivity index (χ1n) is 5.78. The number of halogens is 1. The van der Waals surface area contributed by atoms with Gasteiger partial charge in [-0.05, 0) is 20.3 Å². The molecule has 1 rings (SSSR count). The van der Waals surface area contributed by atoms with Crippen LogP contribution in [0.1, 0.15) is 30.6 Å². The Morgan fingerprint density at radius 1 is 1.50 bits per heavy atom. The van der Waals surface area contributed by atoms with Gasteiger partial charge < -0.3 is 15.5 Å². The van der Waals surface area contributed by atoms with E-state index in [1.807, 2.05) is 0 Å². The first-order chi connectivity index (χ1) is 9.18. The Morgan fingerprint density at radius 2 is 2.10 bits per heavy atom. The summed E-state index contributed by atoms with van der Waals surface area (Å²) < 4.78 is 13.6. The fraction of sp³-hybridized carbons (Fsp3) is 0.417. The number of carboxylic acids is 1. The van der Waals surface area contributed by atoms with Gasteiger partial charge in [0.05, 0.1) is 4.92 Å². The van der Waals surface area contributed by atoms with Gasteiger partial charge in [-0.2, -0.15) is 0 Å². The molecule has 20 heavy (non-hydrogen) atoms. The Balaban J connectivity index is 3.29. The van der Waals surface area contributed by atoms with Crippen molar-refractivity contribution in [1.29, 1.82) is 0 Å². The first-order valence-corrected chi connectivity index (χ1v) is 5.78. The highest BCUT2D eigenvalue weighted by atomic mass is 19.1. The number of aromatic carboxylic acids is 1. The van der Waals surface area contributed by atoms with E-state index in [1.165, 1.54) is 0 Å². The number of rotatable bonds is 6. The van der Waals surface area contributed by atoms with Crippen LogP contribution in [0.5, 0.6) is 0 Å². The largest absolute Gasteiger partial charge is 0.478 e. The second-order valence-electron chi connectivity index (χ2n) is 4.89. The van der Waals surface area contributed by atoms with Crippen molar-refractivity contribution < 1.29 is 24.3 Å². The summed E-state index contributed by atoms with van der Waals surface area (Å²) in [6.07, 6.45) is 0.284. The molecule has 8 heteroatoms. The number of aliphatic hydroxyl groups is 1. The van der Waals surface area contributed by atoms with Gasteiger partial charge in [0, 0.05) is 24.3 Å². The topological polar surface area (TPSA) is 113 Å². The molecule has 110 valence electrons. The van der Waals surface area contributed by atoms with E-state index >= 15 is 0 Å². The number of nitrogens with zero attached hydrogens (tertiary/aromatic N) is 1. The Morgan fingerprint density at radius 3 is 2.55 bits per heavy atom. The van der Waals surface area contributed by atoms with E-state index in [0.717, 1.165) is 6.07 Å². The Hall–Kier alpha value is -2.22. The van der Waals surface area contributed by atoms with Gasteiger partial charge >= 0.3 is 5.97 Å². The average molecular weight is 286 g/mol. The maximum absolute atomic E-state index is 13.6. The summed E-state index contributed by atoms with van der Waals surface area (Å²) in [6, 6.07) is 1.45. The van der Waals surface area contributed by atoms with Crippen LogP contribution in [0.2, 0.25) is 0 Å². The molecule has 7 nitrogen and oxygen atoms in total. The minimum absolute atomic E-state index is 0.129. The Labute approximate surface area is 114 Å². The summed E-state index contributed by atoms with van der Waals surface area (Å²) in [4.78, 5) is 20.9. The van der Waals surface area contributed by atoms with Gasteiger partial charge in [0.2, 0.25) is 0 Å². The zero-order valence-electron chi connectivity index (χ0n) is 11.0. The molecule has 0 aliphatic heterocycles. The third-order valence-electron chi connectivity index (χ3n) is 2.72. The fourth-order valence-corrected chi connectivity index (χ4v) is 1.68. The second kappa shape index (κ2) is 5.83. The molecule has 0 aliphatic carbocycles. The standard InChI is InChI=1S/C12H15FN2O5/c1-12(2,3-4-16)14-9-6-8(13)7(11(17)18)5-10(9)15(19)20/h5-6,14,16H,3-4H2,1-2H3,(H,17,18). The number of nitro benzene ring substituents is 1. The monoisotopic (exact) mass is 286 g/mol. The number of anilines is 1. The van der Waals surface area contributed by atoms with Crippen LogP contribution in [0.25, 0.3) is 0 Å². The summed E-state index contributed by atoms with van der Waals surface area (Å²) >= 11 is 0. The van der Waals surface area contributed by atoms with Crippen LogP contribution >= 0.6 is 0 Å². The Kier molecular flexibility index (Phi) is 4.61. The third kappa shape index (κ3) is 3.64. The lowest BCUT2D eigenvalue weighted by Crippen LogP contribution is -2.32. The highest BCUT2D eigenvalue weighted by Crippen LogP contribution is 2.31. The molecule has 0 heterocycles. The second-order valence-corrected chi connectivity index (χ2v) is 4.89. The zero-order chi connectivity index (χ0) is 15.5. The number of carboxylic acid groups (broad SMARTS) is 1. The minimum Gasteiger partial charge on any atom is -0.478 e. The maximum Gasteiger partial charge on any atom is 0.338 e. The van der Waals surface area contributed by atoms with E-state index in [0.29, 0.717) is 6.07 Å². The molecule has 0 unspecified atom stereocenters. The van der Waals surface area contributed by atoms with E-state index in [-0.39, 0.29) is 18.7 Å². The molecular weight excluding hydrogens is 271 g/mol. The maximum atomic E-state index is 13.6.